The van der Waals surface area contributed by atoms with Crippen molar-refractivity contribution in [3.05, 3.63) is 11.8 Å². The summed E-state index contributed by atoms with van der Waals surface area (Å²) in [5, 5.41) is 0. The Morgan fingerprint density at radius 3 is 1.95 bits per heavy atom. The van der Waals surface area contributed by atoms with E-state index in [1.54, 1.807) is 13.3 Å². The molecule has 0 aliphatic heterocycles. The molecule has 1 saturated carbocycles. The van der Waals surface area contributed by atoms with Gasteiger partial charge in [-0.05, 0) is 0 Å². The van der Waals surface area contributed by atoms with Gasteiger partial charge in [-0.15, -0.1) is 0 Å². The zero-order chi connectivity index (χ0) is 15.1. The van der Waals surface area contributed by atoms with E-state index in [-0.39, 0.29) is 0 Å². The average molecular weight is 414 g/mol. The predicted octanol–water partition coefficient (Wildman–Crippen LogP) is 6.08. The van der Waals surface area contributed by atoms with E-state index in [4.69, 9.17) is 4.37 Å². The summed E-state index contributed by atoms with van der Waals surface area (Å²) in [5.74, 6) is 0.836. The molecule has 120 valence electrons. The molecule has 1 heterocycles. The van der Waals surface area contributed by atoms with Gasteiger partial charge in [0.25, 0.3) is 0 Å². The number of hydrogen-bond donors (Lipinski definition) is 0. The third-order valence-corrected chi connectivity index (χ3v) is 24.0. The number of unbranched alkanes of at least 4 members (excludes halogenated alkanes) is 3. The fourth-order valence-electron chi connectivity index (χ4n) is 3.40. The van der Waals surface area contributed by atoms with Gasteiger partial charge in [-0.25, -0.2) is 0 Å². The summed E-state index contributed by atoms with van der Waals surface area (Å²) in [6.45, 7) is 7.08. The van der Waals surface area contributed by atoms with Gasteiger partial charge in [0.05, 0.1) is 0 Å². The van der Waals surface area contributed by atoms with Gasteiger partial charge in [0.2, 0.25) is 0 Å². The Kier molecular flexibility index (Phi) is 7.54. The van der Waals surface area contributed by atoms with E-state index in [0.29, 0.717) is 0 Å². The van der Waals surface area contributed by atoms with E-state index in [1.165, 1.54) is 57.1 Å². The molecule has 0 bridgehead atoms. The van der Waals surface area contributed by atoms with Crippen molar-refractivity contribution in [2.45, 2.75) is 91.4 Å². The fourth-order valence-corrected chi connectivity index (χ4v) is 22.6. The van der Waals surface area contributed by atoms with E-state index in [2.05, 4.69) is 26.8 Å². The monoisotopic (exact) mass is 415 g/mol. The van der Waals surface area contributed by atoms with Crippen molar-refractivity contribution in [3.63, 3.8) is 0 Å². The van der Waals surface area contributed by atoms with E-state index in [0.717, 1.165) is 5.92 Å². The number of aromatic nitrogens is 1. The molecule has 1 aromatic heterocycles. The van der Waals surface area contributed by atoms with Crippen LogP contribution in [0.2, 0.25) is 13.3 Å². The first-order valence-corrected chi connectivity index (χ1v) is 17.5. The zero-order valence-electron chi connectivity index (χ0n) is 14.3. The van der Waals surface area contributed by atoms with Crippen LogP contribution in [0.3, 0.4) is 0 Å². The molecular formula is C18H33NSSn. The third kappa shape index (κ3) is 4.95. The second kappa shape index (κ2) is 8.90. The van der Waals surface area contributed by atoms with E-state index in [9.17, 15) is 0 Å². The molecular weight excluding hydrogens is 381 g/mol. The van der Waals surface area contributed by atoms with E-state index in [1.807, 2.05) is 14.4 Å². The summed E-state index contributed by atoms with van der Waals surface area (Å²) in [7, 11) is 0. The molecule has 0 amide bonds. The van der Waals surface area contributed by atoms with Crippen LogP contribution >= 0.6 is 11.5 Å². The molecule has 3 heteroatoms. The molecule has 0 unspecified atom stereocenters. The zero-order valence-corrected chi connectivity index (χ0v) is 18.0. The Morgan fingerprint density at radius 2 is 1.52 bits per heavy atom. The Hall–Kier alpha value is 0.429. The van der Waals surface area contributed by atoms with Crippen LogP contribution in [-0.4, -0.2) is 22.8 Å². The summed E-state index contributed by atoms with van der Waals surface area (Å²) >= 11 is -0.233. The third-order valence-electron chi connectivity index (χ3n) is 5.07. The Balaban J connectivity index is 2.19. The molecule has 0 N–H and O–H groups in total. The van der Waals surface area contributed by atoms with E-state index >= 15 is 0 Å². The first-order valence-electron chi connectivity index (χ1n) is 9.22. The first kappa shape index (κ1) is 17.8. The van der Waals surface area contributed by atoms with Crippen LogP contribution in [0.5, 0.6) is 0 Å². The van der Waals surface area contributed by atoms with Crippen molar-refractivity contribution >= 4 is 32.8 Å². The second-order valence-electron chi connectivity index (χ2n) is 6.98. The number of nitrogens with zero attached hydrogens (tertiary/aromatic N) is 1. The first-order chi connectivity index (χ1) is 10.3. The molecule has 1 aliphatic rings. The number of hydrogen-bond acceptors (Lipinski definition) is 2. The molecule has 1 aromatic rings. The van der Waals surface area contributed by atoms with Gasteiger partial charge in [-0.2, -0.15) is 0 Å². The van der Waals surface area contributed by atoms with Crippen molar-refractivity contribution < 1.29 is 0 Å². The molecule has 0 saturated heterocycles. The van der Waals surface area contributed by atoms with Gasteiger partial charge in [0.15, 0.2) is 0 Å². The molecule has 21 heavy (non-hydrogen) atoms. The maximum absolute atomic E-state index is 4.86. The maximum atomic E-state index is 4.86. The van der Waals surface area contributed by atoms with E-state index < -0.39 is 18.4 Å². The molecule has 0 spiro atoms. The summed E-state index contributed by atoms with van der Waals surface area (Å²) in [4.78, 5) is 0. The van der Waals surface area contributed by atoms with Crippen LogP contribution in [-0.2, 0) is 0 Å². The van der Waals surface area contributed by atoms with Gasteiger partial charge < -0.3 is 0 Å². The molecule has 0 atom stereocenters. The Bertz CT molecular complexity index is 389. The average Bonchev–Trinajstić information content (AvgIpc) is 3.24. The minimum absolute atomic E-state index is 0.836. The SMILES string of the molecule is CCC[CH2][Sn]([CH2]CCC)([CH2]CCC)[c]1cc(C2CC2)ns1. The van der Waals surface area contributed by atoms with Crippen molar-refractivity contribution in [1.82, 2.24) is 4.37 Å². The standard InChI is InChI=1S/C6H6NS.3C4H9.Sn/c1-2-5(1)6-3-4-8-7-6;3*1-3-4-2;/h3,5H,1-2H2;3*1,3-4H2,2H3;. The van der Waals surface area contributed by atoms with Crippen molar-refractivity contribution in [1.29, 1.82) is 0 Å². The Labute approximate surface area is 140 Å². The normalized spacial score (nSPS) is 15.6. The molecule has 1 aliphatic carbocycles. The van der Waals surface area contributed by atoms with Crippen molar-refractivity contribution in [3.8, 4) is 0 Å². The summed E-state index contributed by atoms with van der Waals surface area (Å²) in [6.07, 6.45) is 11.3. The van der Waals surface area contributed by atoms with Gasteiger partial charge in [-0.3, -0.25) is 0 Å². The fraction of sp³-hybridized carbons (Fsp3) is 0.833. The van der Waals surface area contributed by atoms with Gasteiger partial charge in [-0.1, -0.05) is 0 Å². The van der Waals surface area contributed by atoms with Crippen LogP contribution in [0.1, 0.15) is 83.7 Å². The molecule has 1 fully saturated rings. The van der Waals surface area contributed by atoms with Crippen LogP contribution in [0.25, 0.3) is 0 Å². The number of rotatable bonds is 11. The Morgan fingerprint density at radius 1 is 1.00 bits per heavy atom. The van der Waals surface area contributed by atoms with Crippen molar-refractivity contribution in [2.24, 2.45) is 0 Å². The summed E-state index contributed by atoms with van der Waals surface area (Å²) in [6, 6.07) is 2.58. The van der Waals surface area contributed by atoms with Gasteiger partial charge >= 0.3 is 140 Å². The topological polar surface area (TPSA) is 12.9 Å². The summed E-state index contributed by atoms with van der Waals surface area (Å²) < 4.78 is 11.4. The van der Waals surface area contributed by atoms with Crippen LogP contribution in [0.15, 0.2) is 6.07 Å². The van der Waals surface area contributed by atoms with Crippen LogP contribution in [0.4, 0.5) is 0 Å². The van der Waals surface area contributed by atoms with Crippen molar-refractivity contribution in [2.75, 3.05) is 0 Å². The molecule has 2 rings (SSSR count). The molecule has 0 radical (unpaired) electrons. The van der Waals surface area contributed by atoms with Crippen LogP contribution in [0, 0.1) is 0 Å². The quantitative estimate of drug-likeness (QED) is 0.400. The van der Waals surface area contributed by atoms with Gasteiger partial charge in [0, 0.05) is 0 Å². The minimum atomic E-state index is -2.15. The summed E-state index contributed by atoms with van der Waals surface area (Å²) in [5.41, 5.74) is 1.46. The van der Waals surface area contributed by atoms with Crippen LogP contribution < -0.4 is 2.89 Å². The molecule has 0 aromatic carbocycles. The predicted molar refractivity (Wildman–Crippen MR) is 98.6 cm³/mol. The molecule has 1 nitrogen and oxygen atoms in total. The van der Waals surface area contributed by atoms with Gasteiger partial charge in [0.1, 0.15) is 0 Å². The second-order valence-corrected chi connectivity index (χ2v) is 21.9.